The maximum Gasteiger partial charge on any atom is 0.257 e. The molecule has 0 bridgehead atoms. The lowest BCUT2D eigenvalue weighted by atomic mass is 10.1. The van der Waals surface area contributed by atoms with Crippen molar-refractivity contribution in [2.45, 2.75) is 6.54 Å². The molecule has 0 saturated heterocycles. The molecule has 4 rings (SSSR count). The molecule has 1 N–H and O–H groups in total. The monoisotopic (exact) mass is 366 g/mol. The highest BCUT2D eigenvalue weighted by atomic mass is 35.5. The van der Waals surface area contributed by atoms with Gasteiger partial charge < -0.3 is 9.84 Å². The Hall–Kier alpha value is -3.12. The molecule has 2 heterocycles. The van der Waals surface area contributed by atoms with Gasteiger partial charge in [-0.2, -0.15) is 5.10 Å². The molecule has 0 aliphatic carbocycles. The molecule has 0 aliphatic rings. The maximum absolute atomic E-state index is 12.6. The van der Waals surface area contributed by atoms with E-state index in [1.165, 1.54) is 6.20 Å². The second-order valence-electron chi connectivity index (χ2n) is 5.82. The smallest absolute Gasteiger partial charge is 0.257 e. The lowest BCUT2D eigenvalue weighted by molar-refractivity contribution is 0.0950. The summed E-state index contributed by atoms with van der Waals surface area (Å²) >= 11 is 6.30. The van der Waals surface area contributed by atoms with Gasteiger partial charge >= 0.3 is 0 Å². The Kier molecular flexibility index (Phi) is 4.18. The van der Waals surface area contributed by atoms with E-state index >= 15 is 0 Å². The zero-order chi connectivity index (χ0) is 18.1. The van der Waals surface area contributed by atoms with E-state index in [1.54, 1.807) is 4.68 Å². The molecule has 0 unspecified atom stereocenters. The summed E-state index contributed by atoms with van der Waals surface area (Å²) in [5.74, 6) is 0.156. The minimum absolute atomic E-state index is 0.249. The first kappa shape index (κ1) is 16.4. The third kappa shape index (κ3) is 2.84. The Morgan fingerprint density at radius 2 is 2.00 bits per heavy atom. The van der Waals surface area contributed by atoms with Crippen molar-refractivity contribution in [1.82, 2.24) is 20.3 Å². The van der Waals surface area contributed by atoms with Gasteiger partial charge in [0, 0.05) is 18.0 Å². The number of benzene rings is 2. The SMILES string of the molecule is Cn1nc(CNC(=O)c2cnoc2-c2ccccc2)c2c(Cl)cccc21. The van der Waals surface area contributed by atoms with Gasteiger partial charge in [0.25, 0.3) is 5.91 Å². The second-order valence-corrected chi connectivity index (χ2v) is 6.23. The lowest BCUT2D eigenvalue weighted by Crippen LogP contribution is -2.23. The average molecular weight is 367 g/mol. The van der Waals surface area contributed by atoms with Crippen LogP contribution in [0.25, 0.3) is 22.2 Å². The van der Waals surface area contributed by atoms with Gasteiger partial charge in [0.1, 0.15) is 5.56 Å². The van der Waals surface area contributed by atoms with Gasteiger partial charge in [-0.05, 0) is 12.1 Å². The molecule has 4 aromatic rings. The van der Waals surface area contributed by atoms with E-state index in [1.807, 2.05) is 55.6 Å². The highest BCUT2D eigenvalue weighted by Crippen LogP contribution is 2.27. The number of carbonyl (C=O) groups excluding carboxylic acids is 1. The largest absolute Gasteiger partial charge is 0.355 e. The number of nitrogens with one attached hydrogen (secondary N) is 1. The van der Waals surface area contributed by atoms with Crippen LogP contribution in [-0.2, 0) is 13.6 Å². The van der Waals surface area contributed by atoms with Gasteiger partial charge in [-0.15, -0.1) is 0 Å². The van der Waals surface area contributed by atoms with Crippen molar-refractivity contribution in [2.24, 2.45) is 7.05 Å². The zero-order valence-corrected chi connectivity index (χ0v) is 14.7. The fourth-order valence-electron chi connectivity index (χ4n) is 2.94. The highest BCUT2D eigenvalue weighted by Gasteiger charge is 2.19. The summed E-state index contributed by atoms with van der Waals surface area (Å²) in [6.45, 7) is 0.249. The quantitative estimate of drug-likeness (QED) is 0.596. The molecule has 7 heteroatoms. The summed E-state index contributed by atoms with van der Waals surface area (Å²) < 4.78 is 7.01. The van der Waals surface area contributed by atoms with Crippen molar-refractivity contribution in [2.75, 3.05) is 0 Å². The standard InChI is InChI=1S/C19H15ClN4O2/c1-24-16-9-5-8-14(20)17(16)15(23-24)11-21-19(25)13-10-22-26-18(13)12-6-3-2-4-7-12/h2-10H,11H2,1H3,(H,21,25). The third-order valence-electron chi connectivity index (χ3n) is 4.17. The van der Waals surface area contributed by atoms with E-state index in [2.05, 4.69) is 15.6 Å². The summed E-state index contributed by atoms with van der Waals surface area (Å²) in [4.78, 5) is 12.6. The minimum Gasteiger partial charge on any atom is -0.355 e. The third-order valence-corrected chi connectivity index (χ3v) is 4.48. The van der Waals surface area contributed by atoms with Gasteiger partial charge in [0.15, 0.2) is 5.76 Å². The highest BCUT2D eigenvalue weighted by molar-refractivity contribution is 6.35. The summed E-state index contributed by atoms with van der Waals surface area (Å²) in [6.07, 6.45) is 1.42. The normalized spacial score (nSPS) is 11.0. The predicted octanol–water partition coefficient (Wildman–Crippen LogP) is 3.81. The van der Waals surface area contributed by atoms with E-state index < -0.39 is 0 Å². The number of halogens is 1. The Morgan fingerprint density at radius 3 is 2.81 bits per heavy atom. The van der Waals surface area contributed by atoms with Gasteiger partial charge in [-0.25, -0.2) is 0 Å². The van der Waals surface area contributed by atoms with Crippen LogP contribution in [0.15, 0.2) is 59.3 Å². The van der Waals surface area contributed by atoms with E-state index in [4.69, 9.17) is 16.1 Å². The van der Waals surface area contributed by atoms with Crippen molar-refractivity contribution >= 4 is 28.4 Å². The summed E-state index contributed by atoms with van der Waals surface area (Å²) in [5.41, 5.74) is 2.79. The van der Waals surface area contributed by atoms with Crippen molar-refractivity contribution in [3.63, 3.8) is 0 Å². The second kappa shape index (κ2) is 6.65. The first-order chi connectivity index (χ1) is 12.6. The van der Waals surface area contributed by atoms with Crippen LogP contribution < -0.4 is 5.32 Å². The topological polar surface area (TPSA) is 73.0 Å². The molecule has 0 radical (unpaired) electrons. The number of carbonyl (C=O) groups is 1. The first-order valence-corrected chi connectivity index (χ1v) is 8.41. The van der Waals surface area contributed by atoms with Crippen LogP contribution in [0.4, 0.5) is 0 Å². The molecule has 0 spiro atoms. The molecule has 0 atom stereocenters. The summed E-state index contributed by atoms with van der Waals surface area (Å²) in [5, 5.41) is 12.5. The number of amides is 1. The first-order valence-electron chi connectivity index (χ1n) is 8.03. The predicted molar refractivity (Wildman–Crippen MR) is 98.8 cm³/mol. The van der Waals surface area contributed by atoms with Crippen LogP contribution in [-0.4, -0.2) is 20.8 Å². The molecule has 6 nitrogen and oxygen atoms in total. The molecule has 0 fully saturated rings. The van der Waals surface area contributed by atoms with Crippen molar-refractivity contribution in [1.29, 1.82) is 0 Å². The van der Waals surface area contributed by atoms with Crippen LogP contribution in [0.1, 0.15) is 16.1 Å². The number of hydrogen-bond donors (Lipinski definition) is 1. The van der Waals surface area contributed by atoms with Crippen molar-refractivity contribution < 1.29 is 9.32 Å². The Morgan fingerprint density at radius 1 is 1.19 bits per heavy atom. The molecular weight excluding hydrogens is 352 g/mol. The molecule has 2 aromatic carbocycles. The van der Waals surface area contributed by atoms with Gasteiger partial charge in [-0.3, -0.25) is 9.48 Å². The molecule has 1 amide bonds. The zero-order valence-electron chi connectivity index (χ0n) is 13.9. The van der Waals surface area contributed by atoms with Crippen LogP contribution in [0, 0.1) is 0 Å². The maximum atomic E-state index is 12.6. The van der Waals surface area contributed by atoms with E-state index in [0.29, 0.717) is 22.0 Å². The summed E-state index contributed by atoms with van der Waals surface area (Å²) in [7, 11) is 1.84. The molecule has 26 heavy (non-hydrogen) atoms. The van der Waals surface area contributed by atoms with Crippen LogP contribution >= 0.6 is 11.6 Å². The number of fused-ring (bicyclic) bond motifs is 1. The van der Waals surface area contributed by atoms with E-state index in [0.717, 1.165) is 16.5 Å². The van der Waals surface area contributed by atoms with Crippen LogP contribution in [0.2, 0.25) is 5.02 Å². The Balaban J connectivity index is 1.59. The van der Waals surface area contributed by atoms with Crippen molar-refractivity contribution in [3.8, 4) is 11.3 Å². The Labute approximate surface area is 154 Å². The molecule has 130 valence electrons. The van der Waals surface area contributed by atoms with Gasteiger partial charge in [-0.1, -0.05) is 53.2 Å². The molecule has 2 aromatic heterocycles. The molecule has 0 saturated carbocycles. The van der Waals surface area contributed by atoms with Crippen LogP contribution in [0.3, 0.4) is 0 Å². The number of hydrogen-bond acceptors (Lipinski definition) is 4. The number of aromatic nitrogens is 3. The fourth-order valence-corrected chi connectivity index (χ4v) is 3.21. The van der Waals surface area contributed by atoms with E-state index in [9.17, 15) is 4.79 Å². The lowest BCUT2D eigenvalue weighted by Gasteiger charge is -2.04. The van der Waals surface area contributed by atoms with E-state index in [-0.39, 0.29) is 12.5 Å². The number of nitrogens with zero attached hydrogens (tertiary/aromatic N) is 3. The number of aryl methyl sites for hydroxylation is 1. The molecule has 0 aliphatic heterocycles. The average Bonchev–Trinajstić information content (AvgIpc) is 3.27. The minimum atomic E-state index is -0.282. The fraction of sp³-hybridized carbons (Fsp3) is 0.105. The van der Waals surface area contributed by atoms with Crippen molar-refractivity contribution in [3.05, 3.63) is 71.0 Å². The number of rotatable bonds is 4. The Bertz CT molecular complexity index is 1090. The van der Waals surface area contributed by atoms with Crippen LogP contribution in [0.5, 0.6) is 0 Å². The molecular formula is C19H15ClN4O2. The van der Waals surface area contributed by atoms with Gasteiger partial charge in [0.2, 0.25) is 0 Å². The van der Waals surface area contributed by atoms with Gasteiger partial charge in [0.05, 0.1) is 29.0 Å². The summed E-state index contributed by atoms with van der Waals surface area (Å²) in [6, 6.07) is 15.0.